The summed E-state index contributed by atoms with van der Waals surface area (Å²) in [6.45, 7) is 3.27. The molecule has 1 amide bonds. The molecule has 2 aliphatic rings. The van der Waals surface area contributed by atoms with Crippen LogP contribution in [0.5, 0.6) is 0 Å². The van der Waals surface area contributed by atoms with Crippen molar-refractivity contribution in [3.63, 3.8) is 0 Å². The molecule has 0 saturated carbocycles. The highest BCUT2D eigenvalue weighted by atomic mass is 16.2. The number of likely N-dealkylation sites (tertiary alicyclic amines) is 1. The lowest BCUT2D eigenvalue weighted by Gasteiger charge is -2.23. The van der Waals surface area contributed by atoms with Crippen molar-refractivity contribution in [3.8, 4) is 0 Å². The second-order valence-corrected chi connectivity index (χ2v) is 7.60. The summed E-state index contributed by atoms with van der Waals surface area (Å²) in [7, 11) is 3.99. The molecule has 0 spiro atoms. The van der Waals surface area contributed by atoms with Crippen LogP contribution in [0.3, 0.4) is 0 Å². The SMILES string of the molecule is Cc1cc(NC(=O)CN2CCC[C@H]2c2nc3c(n2C)CCCC3)n(C)n1. The van der Waals surface area contributed by atoms with Crippen LogP contribution in [-0.4, -0.2) is 43.2 Å². The van der Waals surface area contributed by atoms with Gasteiger partial charge >= 0.3 is 0 Å². The topological polar surface area (TPSA) is 68.0 Å². The number of anilines is 1. The molecule has 4 rings (SSSR count). The number of fused-ring (bicyclic) bond motifs is 1. The summed E-state index contributed by atoms with van der Waals surface area (Å²) < 4.78 is 4.00. The first kappa shape index (κ1) is 17.3. The van der Waals surface area contributed by atoms with Gasteiger partial charge in [-0.15, -0.1) is 0 Å². The number of nitrogens with zero attached hydrogens (tertiary/aromatic N) is 5. The maximum atomic E-state index is 12.6. The van der Waals surface area contributed by atoms with Gasteiger partial charge in [0.2, 0.25) is 5.91 Å². The Balaban J connectivity index is 1.48. The van der Waals surface area contributed by atoms with Crippen molar-refractivity contribution in [3.05, 3.63) is 29.0 Å². The number of aromatic nitrogens is 4. The third-order valence-electron chi connectivity index (χ3n) is 5.69. The molecule has 0 unspecified atom stereocenters. The quantitative estimate of drug-likeness (QED) is 0.911. The lowest BCUT2D eigenvalue weighted by Crippen LogP contribution is -2.34. The van der Waals surface area contributed by atoms with Crippen LogP contribution in [0, 0.1) is 6.92 Å². The Bertz CT molecular complexity index is 820. The molecular formula is C19H28N6O. The zero-order chi connectivity index (χ0) is 18.3. The number of carbonyl (C=O) groups excluding carboxylic acids is 1. The number of imidazole rings is 1. The molecule has 140 valence electrons. The van der Waals surface area contributed by atoms with Crippen molar-refractivity contribution < 1.29 is 4.79 Å². The molecule has 7 heteroatoms. The molecule has 2 aromatic heterocycles. The number of hydrogen-bond acceptors (Lipinski definition) is 4. The van der Waals surface area contributed by atoms with Crippen LogP contribution in [0.15, 0.2) is 6.07 Å². The minimum atomic E-state index is 0.0128. The fraction of sp³-hybridized carbons (Fsp3) is 0.632. The maximum Gasteiger partial charge on any atom is 0.239 e. The fourth-order valence-electron chi connectivity index (χ4n) is 4.41. The van der Waals surface area contributed by atoms with Gasteiger partial charge in [-0.2, -0.15) is 5.10 Å². The third kappa shape index (κ3) is 3.16. The zero-order valence-electron chi connectivity index (χ0n) is 16.0. The van der Waals surface area contributed by atoms with Crippen molar-refractivity contribution in [2.75, 3.05) is 18.4 Å². The van der Waals surface area contributed by atoms with Crippen LogP contribution in [0.25, 0.3) is 0 Å². The Hall–Kier alpha value is -2.15. The summed E-state index contributed by atoms with van der Waals surface area (Å²) in [6.07, 6.45) is 6.90. The standard InChI is InChI=1S/C19H28N6O/c1-13-11-17(24(3)22-13)21-18(26)12-25-10-6-9-16(25)19-20-14-7-4-5-8-15(14)23(19)2/h11,16H,4-10,12H2,1-3H3,(H,21,26)/t16-/m0/s1. The van der Waals surface area contributed by atoms with E-state index >= 15 is 0 Å². The highest BCUT2D eigenvalue weighted by molar-refractivity contribution is 5.91. The summed E-state index contributed by atoms with van der Waals surface area (Å²) in [5.74, 6) is 1.90. The molecule has 1 atom stereocenters. The second kappa shape index (κ2) is 6.87. The first-order valence-electron chi connectivity index (χ1n) is 9.62. The molecule has 1 saturated heterocycles. The van der Waals surface area contributed by atoms with Gasteiger partial charge in [0.25, 0.3) is 0 Å². The minimum Gasteiger partial charge on any atom is -0.334 e. The Labute approximate surface area is 154 Å². The summed E-state index contributed by atoms with van der Waals surface area (Å²) >= 11 is 0. The van der Waals surface area contributed by atoms with Gasteiger partial charge in [0.15, 0.2) is 0 Å². The van der Waals surface area contributed by atoms with E-state index in [0.29, 0.717) is 6.54 Å². The van der Waals surface area contributed by atoms with Crippen molar-refractivity contribution in [1.29, 1.82) is 0 Å². The number of amides is 1. The van der Waals surface area contributed by atoms with Crippen LogP contribution in [-0.2, 0) is 31.7 Å². The Morgan fingerprint density at radius 1 is 1.27 bits per heavy atom. The molecule has 3 heterocycles. The number of hydrogen-bond donors (Lipinski definition) is 1. The smallest absolute Gasteiger partial charge is 0.239 e. The Morgan fingerprint density at radius 3 is 2.81 bits per heavy atom. The Morgan fingerprint density at radius 2 is 2.08 bits per heavy atom. The van der Waals surface area contributed by atoms with Gasteiger partial charge < -0.3 is 9.88 Å². The number of rotatable bonds is 4. The number of aryl methyl sites for hydroxylation is 3. The molecule has 1 fully saturated rings. The van der Waals surface area contributed by atoms with Gasteiger partial charge in [-0.05, 0) is 52.0 Å². The van der Waals surface area contributed by atoms with Gasteiger partial charge in [-0.25, -0.2) is 4.98 Å². The molecule has 1 N–H and O–H groups in total. The number of carbonyl (C=O) groups is 1. The van der Waals surface area contributed by atoms with E-state index in [1.54, 1.807) is 4.68 Å². The first-order chi connectivity index (χ1) is 12.5. The molecular weight excluding hydrogens is 328 g/mol. The zero-order valence-corrected chi connectivity index (χ0v) is 16.0. The van der Waals surface area contributed by atoms with E-state index in [4.69, 9.17) is 4.98 Å². The van der Waals surface area contributed by atoms with E-state index in [1.807, 2.05) is 20.0 Å². The van der Waals surface area contributed by atoms with Crippen LogP contribution in [0.4, 0.5) is 5.82 Å². The second-order valence-electron chi connectivity index (χ2n) is 7.60. The van der Waals surface area contributed by atoms with Crippen molar-refractivity contribution in [2.24, 2.45) is 14.1 Å². The van der Waals surface area contributed by atoms with Crippen molar-refractivity contribution in [1.82, 2.24) is 24.2 Å². The van der Waals surface area contributed by atoms with Crippen LogP contribution < -0.4 is 5.32 Å². The molecule has 1 aliphatic carbocycles. The normalized spacial score (nSPS) is 20.3. The predicted molar refractivity (Wildman–Crippen MR) is 100.0 cm³/mol. The minimum absolute atomic E-state index is 0.0128. The Kier molecular flexibility index (Phi) is 4.56. The maximum absolute atomic E-state index is 12.6. The molecule has 2 aromatic rings. The molecule has 26 heavy (non-hydrogen) atoms. The van der Waals surface area contributed by atoms with Crippen LogP contribution in [0.2, 0.25) is 0 Å². The third-order valence-corrected chi connectivity index (χ3v) is 5.69. The summed E-state index contributed by atoms with van der Waals surface area (Å²) in [6, 6.07) is 2.14. The summed E-state index contributed by atoms with van der Waals surface area (Å²) in [5, 5.41) is 7.27. The van der Waals surface area contributed by atoms with E-state index < -0.39 is 0 Å². The number of nitrogens with one attached hydrogen (secondary N) is 1. The van der Waals surface area contributed by atoms with Gasteiger partial charge in [0, 0.05) is 25.9 Å². The van der Waals surface area contributed by atoms with E-state index in [2.05, 4.69) is 26.9 Å². The molecule has 0 bridgehead atoms. The average Bonchev–Trinajstić information content (AvgIpc) is 3.27. The molecule has 0 aromatic carbocycles. The molecule has 0 radical (unpaired) electrons. The van der Waals surface area contributed by atoms with Gasteiger partial charge in [-0.3, -0.25) is 14.4 Å². The van der Waals surface area contributed by atoms with Gasteiger partial charge in [-0.1, -0.05) is 0 Å². The van der Waals surface area contributed by atoms with Gasteiger partial charge in [0.1, 0.15) is 11.6 Å². The van der Waals surface area contributed by atoms with Gasteiger partial charge in [0.05, 0.1) is 24.0 Å². The largest absolute Gasteiger partial charge is 0.334 e. The molecule has 7 nitrogen and oxygen atoms in total. The first-order valence-corrected chi connectivity index (χ1v) is 9.62. The lowest BCUT2D eigenvalue weighted by molar-refractivity contribution is -0.117. The van der Waals surface area contributed by atoms with E-state index in [-0.39, 0.29) is 11.9 Å². The summed E-state index contributed by atoms with van der Waals surface area (Å²) in [5.41, 5.74) is 3.57. The monoisotopic (exact) mass is 356 g/mol. The van der Waals surface area contributed by atoms with E-state index in [1.165, 1.54) is 24.2 Å². The fourth-order valence-corrected chi connectivity index (χ4v) is 4.41. The van der Waals surface area contributed by atoms with Crippen LogP contribution in [0.1, 0.15) is 54.6 Å². The molecule has 1 aliphatic heterocycles. The van der Waals surface area contributed by atoms with E-state index in [9.17, 15) is 4.79 Å². The highest BCUT2D eigenvalue weighted by Crippen LogP contribution is 2.33. The van der Waals surface area contributed by atoms with Crippen LogP contribution >= 0.6 is 0 Å². The highest BCUT2D eigenvalue weighted by Gasteiger charge is 2.32. The lowest BCUT2D eigenvalue weighted by atomic mass is 10.0. The summed E-state index contributed by atoms with van der Waals surface area (Å²) in [4.78, 5) is 19.8. The predicted octanol–water partition coefficient (Wildman–Crippen LogP) is 2.12. The van der Waals surface area contributed by atoms with Crippen molar-refractivity contribution >= 4 is 11.7 Å². The van der Waals surface area contributed by atoms with Crippen molar-refractivity contribution in [2.45, 2.75) is 51.5 Å². The van der Waals surface area contributed by atoms with E-state index in [0.717, 1.165) is 49.6 Å². The average molecular weight is 356 g/mol.